The monoisotopic (exact) mass is 328 g/mol. The molecule has 0 amide bonds. The van der Waals surface area contributed by atoms with Crippen molar-refractivity contribution in [2.45, 2.75) is 57.3 Å². The summed E-state index contributed by atoms with van der Waals surface area (Å²) >= 11 is 0. The van der Waals surface area contributed by atoms with Crippen molar-refractivity contribution in [1.82, 2.24) is 9.55 Å². The van der Waals surface area contributed by atoms with Crippen LogP contribution in [0.1, 0.15) is 43.5 Å². The van der Waals surface area contributed by atoms with Gasteiger partial charge in [0.05, 0.1) is 0 Å². The molecule has 1 saturated carbocycles. The Morgan fingerprint density at radius 3 is 2.67 bits per heavy atom. The van der Waals surface area contributed by atoms with Gasteiger partial charge in [0, 0.05) is 25.4 Å². The van der Waals surface area contributed by atoms with Gasteiger partial charge in [0.15, 0.2) is 5.60 Å². The van der Waals surface area contributed by atoms with Gasteiger partial charge >= 0.3 is 5.97 Å². The summed E-state index contributed by atoms with van der Waals surface area (Å²) in [6.07, 6.45) is 7.68. The number of carbonyl (C=O) groups excluding carboxylic acids is 1. The predicted octanol–water partition coefficient (Wildman–Crippen LogP) is 2.96. The zero-order valence-corrected chi connectivity index (χ0v) is 14.0. The molecule has 0 saturated heterocycles. The number of benzene rings is 1. The van der Waals surface area contributed by atoms with E-state index < -0.39 is 11.6 Å². The van der Waals surface area contributed by atoms with Crippen LogP contribution in [0.5, 0.6) is 0 Å². The summed E-state index contributed by atoms with van der Waals surface area (Å²) in [5, 5.41) is 11.2. The number of imidazole rings is 1. The molecule has 1 aliphatic rings. The topological polar surface area (TPSA) is 64.3 Å². The minimum atomic E-state index is -1.64. The van der Waals surface area contributed by atoms with Gasteiger partial charge in [0.25, 0.3) is 0 Å². The molecule has 2 aromatic rings. The number of carbonyl (C=O) groups is 1. The second kappa shape index (κ2) is 7.18. The first kappa shape index (κ1) is 16.7. The third-order valence-electron chi connectivity index (χ3n) is 4.80. The molecule has 128 valence electrons. The molecule has 1 N–H and O–H groups in total. The van der Waals surface area contributed by atoms with E-state index in [9.17, 15) is 9.90 Å². The molecule has 0 bridgehead atoms. The highest BCUT2D eigenvalue weighted by Crippen LogP contribution is 2.30. The quantitative estimate of drug-likeness (QED) is 0.828. The van der Waals surface area contributed by atoms with Gasteiger partial charge in [-0.2, -0.15) is 0 Å². The molecule has 1 fully saturated rings. The van der Waals surface area contributed by atoms with Crippen LogP contribution in [0, 0.1) is 6.92 Å². The van der Waals surface area contributed by atoms with Crippen LogP contribution >= 0.6 is 0 Å². The van der Waals surface area contributed by atoms with Gasteiger partial charge in [-0.15, -0.1) is 0 Å². The summed E-state index contributed by atoms with van der Waals surface area (Å²) in [4.78, 5) is 17.0. The van der Waals surface area contributed by atoms with E-state index in [0.29, 0.717) is 12.1 Å². The minimum absolute atomic E-state index is 0.0669. The van der Waals surface area contributed by atoms with Gasteiger partial charge in [-0.05, 0) is 38.2 Å². The Morgan fingerprint density at radius 1 is 1.33 bits per heavy atom. The number of ether oxygens (including phenoxy) is 1. The maximum atomic E-state index is 12.8. The lowest BCUT2D eigenvalue weighted by molar-refractivity contribution is -0.173. The van der Waals surface area contributed by atoms with Crippen LogP contribution in [0.3, 0.4) is 0 Å². The van der Waals surface area contributed by atoms with Gasteiger partial charge in [-0.25, -0.2) is 9.78 Å². The molecule has 3 rings (SSSR count). The molecular formula is C19H24N2O3. The van der Waals surface area contributed by atoms with E-state index in [4.69, 9.17) is 4.74 Å². The first-order chi connectivity index (χ1) is 11.6. The van der Waals surface area contributed by atoms with Crippen LogP contribution in [0.15, 0.2) is 42.7 Å². The Balaban J connectivity index is 1.80. The van der Waals surface area contributed by atoms with Crippen molar-refractivity contribution in [1.29, 1.82) is 0 Å². The van der Waals surface area contributed by atoms with Crippen LogP contribution in [0.4, 0.5) is 0 Å². The zero-order chi connectivity index (χ0) is 17.0. The number of esters is 1. The van der Waals surface area contributed by atoms with Gasteiger partial charge in [0.1, 0.15) is 11.9 Å². The maximum Gasteiger partial charge on any atom is 0.343 e. The smallest absolute Gasteiger partial charge is 0.343 e. The van der Waals surface area contributed by atoms with Crippen LogP contribution in [0.2, 0.25) is 0 Å². The lowest BCUT2D eigenvalue weighted by atomic mass is 9.90. The van der Waals surface area contributed by atoms with E-state index >= 15 is 0 Å². The molecule has 1 unspecified atom stereocenters. The number of nitrogens with zero attached hydrogens (tertiary/aromatic N) is 2. The zero-order valence-electron chi connectivity index (χ0n) is 14.0. The fraction of sp³-hybridized carbons (Fsp3) is 0.474. The molecule has 0 radical (unpaired) electrons. The molecule has 1 aromatic heterocycles. The van der Waals surface area contributed by atoms with Crippen LogP contribution in [-0.2, 0) is 21.7 Å². The van der Waals surface area contributed by atoms with Crippen LogP contribution < -0.4 is 0 Å². The number of hydrogen-bond donors (Lipinski definition) is 1. The van der Waals surface area contributed by atoms with Crippen molar-refractivity contribution in [3.05, 3.63) is 54.1 Å². The van der Waals surface area contributed by atoms with Gasteiger partial charge in [-0.1, -0.05) is 30.3 Å². The van der Waals surface area contributed by atoms with Crippen molar-refractivity contribution in [2.75, 3.05) is 0 Å². The summed E-state index contributed by atoms with van der Waals surface area (Å²) in [6.45, 7) is 2.40. The fourth-order valence-corrected chi connectivity index (χ4v) is 3.26. The molecule has 5 heteroatoms. The SMILES string of the molecule is Cc1nccn1CCC(O)(C(=O)OC1CCCC1)c1ccccc1. The Hall–Kier alpha value is -2.14. The molecule has 1 atom stereocenters. The molecule has 0 spiro atoms. The van der Waals surface area contributed by atoms with Crippen molar-refractivity contribution >= 4 is 5.97 Å². The van der Waals surface area contributed by atoms with Crippen LogP contribution in [-0.4, -0.2) is 26.7 Å². The summed E-state index contributed by atoms with van der Waals surface area (Å²) < 4.78 is 7.54. The van der Waals surface area contributed by atoms with E-state index in [1.807, 2.05) is 35.9 Å². The molecule has 24 heavy (non-hydrogen) atoms. The van der Waals surface area contributed by atoms with Gasteiger partial charge < -0.3 is 14.4 Å². The number of rotatable bonds is 6. The van der Waals surface area contributed by atoms with E-state index in [-0.39, 0.29) is 12.5 Å². The second-order valence-electron chi connectivity index (χ2n) is 6.46. The number of aromatic nitrogens is 2. The fourth-order valence-electron chi connectivity index (χ4n) is 3.26. The Morgan fingerprint density at radius 2 is 2.04 bits per heavy atom. The Labute approximate surface area is 142 Å². The molecule has 0 aliphatic heterocycles. The highest BCUT2D eigenvalue weighted by atomic mass is 16.6. The lowest BCUT2D eigenvalue weighted by Gasteiger charge is -2.28. The van der Waals surface area contributed by atoms with Crippen LogP contribution in [0.25, 0.3) is 0 Å². The van der Waals surface area contributed by atoms with Gasteiger partial charge in [-0.3, -0.25) is 0 Å². The van der Waals surface area contributed by atoms with Crippen molar-refractivity contribution in [3.8, 4) is 0 Å². The van der Waals surface area contributed by atoms with Crippen molar-refractivity contribution < 1.29 is 14.6 Å². The van der Waals surface area contributed by atoms with Gasteiger partial charge in [0.2, 0.25) is 0 Å². The summed E-state index contributed by atoms with van der Waals surface area (Å²) in [5.74, 6) is 0.313. The molecule has 1 aliphatic carbocycles. The summed E-state index contributed by atoms with van der Waals surface area (Å²) in [5.41, 5.74) is -1.06. The minimum Gasteiger partial charge on any atom is -0.460 e. The Kier molecular flexibility index (Phi) is 5.00. The van der Waals surface area contributed by atoms with E-state index in [1.165, 1.54) is 0 Å². The average molecular weight is 328 g/mol. The molecular weight excluding hydrogens is 304 g/mol. The second-order valence-corrected chi connectivity index (χ2v) is 6.46. The largest absolute Gasteiger partial charge is 0.460 e. The van der Waals surface area contributed by atoms with E-state index in [2.05, 4.69) is 4.98 Å². The predicted molar refractivity (Wildman–Crippen MR) is 90.3 cm³/mol. The molecule has 5 nitrogen and oxygen atoms in total. The number of aryl methyl sites for hydroxylation is 2. The third kappa shape index (κ3) is 3.51. The Bertz CT molecular complexity index is 677. The first-order valence-corrected chi connectivity index (χ1v) is 8.56. The highest BCUT2D eigenvalue weighted by Gasteiger charge is 2.40. The number of aliphatic hydroxyl groups is 1. The van der Waals surface area contributed by atoms with Crippen molar-refractivity contribution in [3.63, 3.8) is 0 Å². The summed E-state index contributed by atoms with van der Waals surface area (Å²) in [6, 6.07) is 9.07. The van der Waals surface area contributed by atoms with E-state index in [1.54, 1.807) is 18.3 Å². The molecule has 1 heterocycles. The third-order valence-corrected chi connectivity index (χ3v) is 4.80. The standard InChI is InChI=1S/C19H24N2O3/c1-15-20-12-14-21(15)13-11-19(23,16-7-3-2-4-8-16)18(22)24-17-9-5-6-10-17/h2-4,7-8,12,14,17,23H,5-6,9-11,13H2,1H3. The first-order valence-electron chi connectivity index (χ1n) is 8.56. The lowest BCUT2D eigenvalue weighted by Crippen LogP contribution is -2.40. The highest BCUT2D eigenvalue weighted by molar-refractivity contribution is 5.81. The molecule has 1 aromatic carbocycles. The number of hydrogen-bond acceptors (Lipinski definition) is 4. The van der Waals surface area contributed by atoms with Crippen molar-refractivity contribution in [2.24, 2.45) is 0 Å². The maximum absolute atomic E-state index is 12.8. The average Bonchev–Trinajstić information content (AvgIpc) is 3.25. The summed E-state index contributed by atoms with van der Waals surface area (Å²) in [7, 11) is 0. The van der Waals surface area contributed by atoms with E-state index in [0.717, 1.165) is 31.5 Å². The normalized spacial score (nSPS) is 17.6.